The van der Waals surface area contributed by atoms with E-state index >= 15 is 0 Å². The molecule has 0 saturated heterocycles. The second-order valence-electron chi connectivity index (χ2n) is 7.19. The molecule has 0 aliphatic heterocycles. The first-order chi connectivity index (χ1) is 8.07. The molecule has 0 aromatic carbocycles. The lowest BCUT2D eigenvalue weighted by atomic mass is 9.72. The predicted molar refractivity (Wildman–Crippen MR) is 79.7 cm³/mol. The van der Waals surface area contributed by atoms with Crippen LogP contribution >= 0.6 is 11.8 Å². The molecule has 17 heavy (non-hydrogen) atoms. The maximum Gasteiger partial charge on any atom is 0.00830 e. The van der Waals surface area contributed by atoms with Crippen molar-refractivity contribution >= 4 is 11.8 Å². The van der Waals surface area contributed by atoms with E-state index in [1.807, 2.05) is 0 Å². The van der Waals surface area contributed by atoms with E-state index in [-0.39, 0.29) is 0 Å². The minimum Gasteiger partial charge on any atom is -0.155 e. The molecule has 2 atom stereocenters. The fourth-order valence-electron chi connectivity index (χ4n) is 3.70. The van der Waals surface area contributed by atoms with Crippen LogP contribution in [0.3, 0.4) is 0 Å². The van der Waals surface area contributed by atoms with Gasteiger partial charge in [-0.3, -0.25) is 0 Å². The van der Waals surface area contributed by atoms with Crippen molar-refractivity contribution in [2.75, 3.05) is 0 Å². The summed E-state index contributed by atoms with van der Waals surface area (Å²) in [4.78, 5) is 0. The van der Waals surface area contributed by atoms with Crippen molar-refractivity contribution in [3.05, 3.63) is 0 Å². The van der Waals surface area contributed by atoms with Gasteiger partial charge < -0.3 is 0 Å². The third-order valence-electron chi connectivity index (χ3n) is 4.73. The van der Waals surface area contributed by atoms with Gasteiger partial charge in [0.05, 0.1) is 0 Å². The van der Waals surface area contributed by atoms with Gasteiger partial charge >= 0.3 is 0 Å². The minimum absolute atomic E-state index is 0.521. The zero-order valence-electron chi connectivity index (χ0n) is 12.0. The van der Waals surface area contributed by atoms with E-state index in [1.165, 1.54) is 57.8 Å². The summed E-state index contributed by atoms with van der Waals surface area (Å²) in [6.45, 7) is 7.37. The molecule has 0 N–H and O–H groups in total. The van der Waals surface area contributed by atoms with Crippen molar-refractivity contribution < 1.29 is 0 Å². The van der Waals surface area contributed by atoms with E-state index in [2.05, 4.69) is 32.5 Å². The van der Waals surface area contributed by atoms with Gasteiger partial charge in [0.15, 0.2) is 0 Å². The Balaban J connectivity index is 1.91. The highest BCUT2D eigenvalue weighted by Gasteiger charge is 2.35. The predicted octanol–water partition coefficient (Wildman–Crippen LogP) is 5.66. The van der Waals surface area contributed by atoms with E-state index < -0.39 is 0 Å². The molecule has 0 bridgehead atoms. The first kappa shape index (κ1) is 13.8. The van der Waals surface area contributed by atoms with Crippen molar-refractivity contribution in [2.45, 2.75) is 89.1 Å². The molecule has 0 heterocycles. The van der Waals surface area contributed by atoms with Gasteiger partial charge in [-0.15, -0.1) is 0 Å². The molecule has 2 rings (SSSR count). The fraction of sp³-hybridized carbons (Fsp3) is 1.00. The SMILES string of the molecule is CC(C)(C)C1CCCCC1SC1CCCCC1. The molecule has 1 heteroatoms. The Morgan fingerprint density at radius 3 is 2.00 bits per heavy atom. The van der Waals surface area contributed by atoms with Gasteiger partial charge in [-0.1, -0.05) is 52.9 Å². The molecule has 2 saturated carbocycles. The lowest BCUT2D eigenvalue weighted by Gasteiger charge is -2.42. The number of hydrogen-bond acceptors (Lipinski definition) is 1. The first-order valence-electron chi connectivity index (χ1n) is 7.73. The average molecular weight is 254 g/mol. The average Bonchev–Trinajstić information content (AvgIpc) is 2.30. The van der Waals surface area contributed by atoms with E-state index in [0.29, 0.717) is 5.41 Å². The van der Waals surface area contributed by atoms with Crippen LogP contribution in [-0.4, -0.2) is 10.5 Å². The molecule has 0 amide bonds. The molecular formula is C16H30S. The third-order valence-corrected chi connectivity index (χ3v) is 6.50. The second kappa shape index (κ2) is 5.99. The molecule has 0 nitrogen and oxygen atoms in total. The van der Waals surface area contributed by atoms with Gasteiger partial charge in [-0.25, -0.2) is 0 Å². The Morgan fingerprint density at radius 1 is 0.765 bits per heavy atom. The summed E-state index contributed by atoms with van der Waals surface area (Å²) in [7, 11) is 0. The molecular weight excluding hydrogens is 224 g/mol. The van der Waals surface area contributed by atoms with Crippen molar-refractivity contribution in [3.63, 3.8) is 0 Å². The molecule has 2 unspecified atom stereocenters. The Labute approximate surface area is 112 Å². The van der Waals surface area contributed by atoms with E-state index in [1.54, 1.807) is 0 Å². The summed E-state index contributed by atoms with van der Waals surface area (Å²) in [6, 6.07) is 0. The first-order valence-corrected chi connectivity index (χ1v) is 8.67. The van der Waals surface area contributed by atoms with Crippen molar-refractivity contribution in [1.82, 2.24) is 0 Å². The van der Waals surface area contributed by atoms with Gasteiger partial charge in [0.2, 0.25) is 0 Å². The van der Waals surface area contributed by atoms with Crippen LogP contribution in [-0.2, 0) is 0 Å². The Morgan fingerprint density at radius 2 is 1.35 bits per heavy atom. The highest BCUT2D eigenvalue weighted by atomic mass is 32.2. The second-order valence-corrected chi connectivity index (χ2v) is 8.74. The molecule has 2 aliphatic carbocycles. The summed E-state index contributed by atoms with van der Waals surface area (Å²) in [5.74, 6) is 0.961. The van der Waals surface area contributed by atoms with Gasteiger partial charge in [0.1, 0.15) is 0 Å². The Hall–Kier alpha value is 0.350. The maximum atomic E-state index is 2.46. The lowest BCUT2D eigenvalue weighted by molar-refractivity contribution is 0.187. The summed E-state index contributed by atoms with van der Waals surface area (Å²) < 4.78 is 0. The van der Waals surface area contributed by atoms with Crippen LogP contribution in [0.5, 0.6) is 0 Å². The van der Waals surface area contributed by atoms with Gasteiger partial charge in [0.25, 0.3) is 0 Å². The highest BCUT2D eigenvalue weighted by Crippen LogP contribution is 2.46. The smallest absolute Gasteiger partial charge is 0.00830 e. The Kier molecular flexibility index (Phi) is 4.86. The Bertz CT molecular complexity index is 222. The summed E-state index contributed by atoms with van der Waals surface area (Å²) in [6.07, 6.45) is 13.4. The summed E-state index contributed by atoms with van der Waals surface area (Å²) in [5, 5.41) is 1.96. The van der Waals surface area contributed by atoms with Crippen LogP contribution < -0.4 is 0 Å². The van der Waals surface area contributed by atoms with Crippen LogP contribution in [0.15, 0.2) is 0 Å². The number of hydrogen-bond donors (Lipinski definition) is 0. The molecule has 0 radical (unpaired) electrons. The van der Waals surface area contributed by atoms with Crippen molar-refractivity contribution in [1.29, 1.82) is 0 Å². The lowest BCUT2D eigenvalue weighted by Crippen LogP contribution is -2.34. The molecule has 100 valence electrons. The van der Waals surface area contributed by atoms with E-state index in [0.717, 1.165) is 16.4 Å². The highest BCUT2D eigenvalue weighted by molar-refractivity contribution is 8.00. The minimum atomic E-state index is 0.521. The van der Waals surface area contributed by atoms with Crippen molar-refractivity contribution in [3.8, 4) is 0 Å². The van der Waals surface area contributed by atoms with E-state index in [4.69, 9.17) is 0 Å². The van der Waals surface area contributed by atoms with Crippen LogP contribution in [0.1, 0.15) is 78.6 Å². The molecule has 2 fully saturated rings. The van der Waals surface area contributed by atoms with Crippen LogP contribution in [0, 0.1) is 11.3 Å². The van der Waals surface area contributed by atoms with Crippen LogP contribution in [0.25, 0.3) is 0 Å². The van der Waals surface area contributed by atoms with Crippen LogP contribution in [0.4, 0.5) is 0 Å². The normalized spacial score (nSPS) is 32.6. The number of thioether (sulfide) groups is 1. The van der Waals surface area contributed by atoms with Gasteiger partial charge in [-0.2, -0.15) is 11.8 Å². The maximum absolute atomic E-state index is 2.46. The topological polar surface area (TPSA) is 0 Å². The zero-order chi connectivity index (χ0) is 12.3. The van der Waals surface area contributed by atoms with Crippen molar-refractivity contribution in [2.24, 2.45) is 11.3 Å². The molecule has 0 aromatic rings. The standard InChI is InChI=1S/C16H30S/c1-16(2,3)14-11-7-8-12-15(14)17-13-9-5-4-6-10-13/h13-15H,4-12H2,1-3H3. The third kappa shape index (κ3) is 3.91. The molecule has 2 aliphatic rings. The zero-order valence-corrected chi connectivity index (χ0v) is 12.8. The monoisotopic (exact) mass is 254 g/mol. The largest absolute Gasteiger partial charge is 0.155 e. The molecule has 0 spiro atoms. The fourth-order valence-corrected chi connectivity index (χ4v) is 5.84. The summed E-state index contributed by atoms with van der Waals surface area (Å²) >= 11 is 2.38. The summed E-state index contributed by atoms with van der Waals surface area (Å²) in [5.41, 5.74) is 0.521. The quantitative estimate of drug-likeness (QED) is 0.613. The van der Waals surface area contributed by atoms with Crippen LogP contribution in [0.2, 0.25) is 0 Å². The molecule has 0 aromatic heterocycles. The van der Waals surface area contributed by atoms with E-state index in [9.17, 15) is 0 Å². The van der Waals surface area contributed by atoms with Gasteiger partial charge in [0, 0.05) is 10.5 Å². The van der Waals surface area contributed by atoms with Gasteiger partial charge in [-0.05, 0) is 37.0 Å². The number of rotatable bonds is 2.